The van der Waals surface area contributed by atoms with Crippen LogP contribution in [0.4, 0.5) is 0 Å². The van der Waals surface area contributed by atoms with Gasteiger partial charge in [0.05, 0.1) is 12.2 Å². The Bertz CT molecular complexity index is 1370. The lowest BCUT2D eigenvalue weighted by atomic mass is 9.47. The Morgan fingerprint density at radius 1 is 0.591 bits per heavy atom. The van der Waals surface area contributed by atoms with Crippen molar-refractivity contribution in [3.8, 4) is 11.5 Å². The molecule has 1 heterocycles. The molecule has 8 unspecified atom stereocenters. The molecule has 4 aliphatic carbocycles. The largest absolute Gasteiger partial charge is 0.508 e. The van der Waals surface area contributed by atoms with Crippen LogP contribution in [0.25, 0.3) is 0 Å². The minimum Gasteiger partial charge on any atom is -0.508 e. The maximum absolute atomic E-state index is 11.3. The van der Waals surface area contributed by atoms with Crippen LogP contribution in [0.2, 0.25) is 0 Å². The van der Waals surface area contributed by atoms with E-state index in [0.717, 1.165) is 36.8 Å². The van der Waals surface area contributed by atoms with Crippen molar-refractivity contribution in [3.05, 3.63) is 57.6 Å². The summed E-state index contributed by atoms with van der Waals surface area (Å²) in [5, 5.41) is 22.6. The Kier molecular flexibility index (Phi) is 6.77. The van der Waals surface area contributed by atoms with Crippen LogP contribution < -0.4 is 0 Å². The second kappa shape index (κ2) is 9.74. The van der Waals surface area contributed by atoms with Gasteiger partial charge in [0.1, 0.15) is 23.7 Å². The molecule has 7 rings (SSSR count). The average molecular weight is 601 g/mol. The molecular formula is C40H56O4. The highest BCUT2D eigenvalue weighted by Gasteiger charge is 2.65. The summed E-state index contributed by atoms with van der Waals surface area (Å²) in [6.45, 7) is 23.3. The van der Waals surface area contributed by atoms with Gasteiger partial charge in [-0.2, -0.15) is 0 Å². The lowest BCUT2D eigenvalue weighted by Crippen LogP contribution is -2.64. The molecule has 0 amide bonds. The lowest BCUT2D eigenvalue weighted by molar-refractivity contribution is -0.296. The molecule has 2 saturated carbocycles. The zero-order valence-electron chi connectivity index (χ0n) is 28.9. The van der Waals surface area contributed by atoms with Crippen molar-refractivity contribution < 1.29 is 19.7 Å². The number of aromatic hydroxyl groups is 2. The quantitative estimate of drug-likeness (QED) is 0.360. The molecular weight excluding hydrogens is 544 g/mol. The van der Waals surface area contributed by atoms with Crippen LogP contribution in [0.1, 0.15) is 165 Å². The van der Waals surface area contributed by atoms with Crippen molar-refractivity contribution in [2.45, 2.75) is 155 Å². The summed E-state index contributed by atoms with van der Waals surface area (Å²) in [4.78, 5) is 0. The highest BCUT2D eigenvalue weighted by Crippen LogP contribution is 2.68. The van der Waals surface area contributed by atoms with E-state index in [0.29, 0.717) is 11.5 Å². The molecule has 8 atom stereocenters. The molecule has 0 radical (unpaired) electrons. The maximum atomic E-state index is 11.3. The molecule has 3 fully saturated rings. The standard InChI is InChI=1S/C40H56O4/c1-21(2)23-17-25-27(19-29(23)41)39(9)15-11-13-37(5,6)35(39)33-31(25)43-34-32(44-33)26-18-24(22(3)4)30(42)20-28(26)40(10)16-12-14-38(7,8)36(34)40/h17-22,31-36,41-42H,11-16H2,1-10H3. The van der Waals surface area contributed by atoms with Gasteiger partial charge in [-0.05, 0) is 117 Å². The predicted molar refractivity (Wildman–Crippen MR) is 177 cm³/mol. The number of ether oxygens (including phenoxy) is 2. The molecule has 4 nitrogen and oxygen atoms in total. The Morgan fingerprint density at radius 3 is 1.30 bits per heavy atom. The van der Waals surface area contributed by atoms with Crippen molar-refractivity contribution in [1.29, 1.82) is 0 Å². The van der Waals surface area contributed by atoms with Gasteiger partial charge < -0.3 is 19.7 Å². The molecule has 2 N–H and O–H groups in total. The molecule has 0 bridgehead atoms. The van der Waals surface area contributed by atoms with Crippen molar-refractivity contribution in [2.24, 2.45) is 22.7 Å². The molecule has 44 heavy (non-hydrogen) atoms. The molecule has 5 aliphatic rings. The summed E-state index contributed by atoms with van der Waals surface area (Å²) < 4.78 is 15.3. The van der Waals surface area contributed by atoms with Gasteiger partial charge in [0, 0.05) is 11.8 Å². The summed E-state index contributed by atoms with van der Waals surface area (Å²) in [6, 6.07) is 8.76. The van der Waals surface area contributed by atoms with Gasteiger partial charge in [0.2, 0.25) is 0 Å². The normalized spacial score (nSPS) is 38.2. The van der Waals surface area contributed by atoms with E-state index in [4.69, 9.17) is 9.47 Å². The molecule has 0 aromatic heterocycles. The van der Waals surface area contributed by atoms with E-state index in [2.05, 4.69) is 93.5 Å². The first-order valence-electron chi connectivity index (χ1n) is 17.6. The van der Waals surface area contributed by atoms with E-state index in [1.165, 1.54) is 35.1 Å². The van der Waals surface area contributed by atoms with E-state index in [1.807, 2.05) is 0 Å². The highest BCUT2D eigenvalue weighted by molar-refractivity contribution is 5.53. The van der Waals surface area contributed by atoms with Gasteiger partial charge in [-0.15, -0.1) is 0 Å². The van der Waals surface area contributed by atoms with Crippen LogP contribution in [0.15, 0.2) is 24.3 Å². The minimum absolute atomic E-state index is 0.0598. The van der Waals surface area contributed by atoms with Gasteiger partial charge >= 0.3 is 0 Å². The number of phenols is 2. The smallest absolute Gasteiger partial charge is 0.119 e. The molecule has 1 saturated heterocycles. The third-order valence-corrected chi connectivity index (χ3v) is 13.4. The summed E-state index contributed by atoms with van der Waals surface area (Å²) in [5.41, 5.74) is 6.91. The summed E-state index contributed by atoms with van der Waals surface area (Å²) in [6.07, 6.45) is 6.31. The third-order valence-electron chi connectivity index (χ3n) is 13.4. The van der Waals surface area contributed by atoms with Crippen LogP contribution in [0.5, 0.6) is 11.5 Å². The Hall–Kier alpha value is -2.04. The lowest BCUT2D eigenvalue weighted by Gasteiger charge is -2.65. The molecule has 240 valence electrons. The van der Waals surface area contributed by atoms with E-state index < -0.39 is 0 Å². The number of hydrogen-bond acceptors (Lipinski definition) is 4. The molecule has 2 aromatic carbocycles. The van der Waals surface area contributed by atoms with Crippen LogP contribution in [-0.4, -0.2) is 22.4 Å². The minimum atomic E-state index is -0.176. The van der Waals surface area contributed by atoms with Gasteiger partial charge in [-0.3, -0.25) is 0 Å². The van der Waals surface area contributed by atoms with Crippen molar-refractivity contribution in [3.63, 3.8) is 0 Å². The van der Waals surface area contributed by atoms with Gasteiger partial charge in [0.15, 0.2) is 0 Å². The first-order chi connectivity index (χ1) is 20.5. The second-order valence-electron chi connectivity index (χ2n) is 17.8. The number of phenolic OH excluding ortho intramolecular Hbond substituents is 2. The summed E-state index contributed by atoms with van der Waals surface area (Å²) in [5.74, 6) is 1.78. The number of fused-ring (bicyclic) bond motifs is 12. The fraction of sp³-hybridized carbons (Fsp3) is 0.700. The molecule has 2 aromatic rings. The van der Waals surface area contributed by atoms with E-state index >= 15 is 0 Å². The van der Waals surface area contributed by atoms with Gasteiger partial charge in [-0.1, -0.05) is 82.1 Å². The SMILES string of the molecule is CC(C)c1cc2c(cc1O)C1(C)CCCC(C)(C)C1C1OC3c4cc(C(C)C)c(O)cc4C4(C)CCCC(C)(C)C4C3OC21. The van der Waals surface area contributed by atoms with E-state index in [-0.39, 0.29) is 69.7 Å². The molecule has 4 heteroatoms. The van der Waals surface area contributed by atoms with Crippen LogP contribution in [-0.2, 0) is 20.3 Å². The monoisotopic (exact) mass is 600 g/mol. The fourth-order valence-electron chi connectivity index (χ4n) is 11.7. The Morgan fingerprint density at radius 2 is 0.955 bits per heavy atom. The van der Waals surface area contributed by atoms with E-state index in [1.54, 1.807) is 0 Å². The third kappa shape index (κ3) is 4.08. The van der Waals surface area contributed by atoms with Crippen LogP contribution in [0.3, 0.4) is 0 Å². The van der Waals surface area contributed by atoms with Crippen LogP contribution >= 0.6 is 0 Å². The number of rotatable bonds is 2. The van der Waals surface area contributed by atoms with Crippen LogP contribution in [0, 0.1) is 22.7 Å². The number of benzene rings is 2. The first kappa shape index (κ1) is 30.6. The molecule has 0 spiro atoms. The van der Waals surface area contributed by atoms with E-state index in [9.17, 15) is 10.2 Å². The maximum Gasteiger partial charge on any atom is 0.119 e. The average Bonchev–Trinajstić information content (AvgIpc) is 2.91. The predicted octanol–water partition coefficient (Wildman–Crippen LogP) is 10.1. The Balaban J connectivity index is 1.47. The van der Waals surface area contributed by atoms with Gasteiger partial charge in [-0.25, -0.2) is 0 Å². The zero-order valence-corrected chi connectivity index (χ0v) is 28.9. The van der Waals surface area contributed by atoms with Gasteiger partial charge in [0.25, 0.3) is 0 Å². The second-order valence-corrected chi connectivity index (χ2v) is 17.8. The summed E-state index contributed by atoms with van der Waals surface area (Å²) >= 11 is 0. The topological polar surface area (TPSA) is 58.9 Å². The fourth-order valence-corrected chi connectivity index (χ4v) is 11.7. The number of hydrogen-bond donors (Lipinski definition) is 2. The van der Waals surface area contributed by atoms with Crippen molar-refractivity contribution >= 4 is 0 Å². The highest BCUT2D eigenvalue weighted by atomic mass is 16.6. The summed E-state index contributed by atoms with van der Waals surface area (Å²) in [7, 11) is 0. The first-order valence-corrected chi connectivity index (χ1v) is 17.6. The van der Waals surface area contributed by atoms with Crippen molar-refractivity contribution in [1.82, 2.24) is 0 Å². The van der Waals surface area contributed by atoms with Crippen molar-refractivity contribution in [2.75, 3.05) is 0 Å². The Labute approximate surface area is 265 Å². The molecule has 1 aliphatic heterocycles. The zero-order chi connectivity index (χ0) is 31.7.